The van der Waals surface area contributed by atoms with E-state index in [1.165, 1.54) is 0 Å². The Morgan fingerprint density at radius 3 is 2.67 bits per heavy atom. The number of aromatic nitrogens is 1. The number of halogens is 2. The average molecular weight is 422 g/mol. The number of alkyl halides is 2. The summed E-state index contributed by atoms with van der Waals surface area (Å²) >= 11 is 0. The highest BCUT2D eigenvalue weighted by molar-refractivity contribution is 5.86. The standard InChI is InChI=1S/C23H33F2N3O2/c1-13-20-9-15(7-8-23(3,24)25)14(2)27(20)22(26-21(13)29-4)28-16-5-6-18-11-17(28)12-19(10-16)30-18/h9,13,16-19,21H,5-8,10-12H2,1-4H3. The molecular formula is C23H33F2N3O2. The number of hydrogen-bond donors (Lipinski definition) is 0. The minimum atomic E-state index is -2.66. The van der Waals surface area contributed by atoms with Gasteiger partial charge in [0.15, 0.2) is 6.23 Å². The van der Waals surface area contributed by atoms with Crippen molar-refractivity contribution >= 4 is 5.96 Å². The van der Waals surface area contributed by atoms with Gasteiger partial charge in [-0.3, -0.25) is 4.57 Å². The molecule has 5 nitrogen and oxygen atoms in total. The number of aryl methyl sites for hydroxylation is 1. The molecule has 1 aromatic heterocycles. The Labute approximate surface area is 177 Å². The number of rotatable bonds is 4. The third-order valence-corrected chi connectivity index (χ3v) is 7.62. The molecule has 0 saturated carbocycles. The van der Waals surface area contributed by atoms with Crippen LogP contribution >= 0.6 is 0 Å². The van der Waals surface area contributed by atoms with Crippen LogP contribution in [-0.2, 0) is 15.9 Å². The minimum absolute atomic E-state index is 0.0805. The topological polar surface area (TPSA) is 39.0 Å². The molecule has 0 N–H and O–H groups in total. The number of hydrogen-bond acceptors (Lipinski definition) is 4. The lowest BCUT2D eigenvalue weighted by molar-refractivity contribution is -0.0923. The van der Waals surface area contributed by atoms with Crippen molar-refractivity contribution in [1.82, 2.24) is 9.47 Å². The molecule has 4 fully saturated rings. The number of piperidine rings is 1. The monoisotopic (exact) mass is 421 g/mol. The molecule has 1 aromatic rings. The Bertz CT molecular complexity index is 838. The van der Waals surface area contributed by atoms with Gasteiger partial charge in [-0.1, -0.05) is 6.92 Å². The molecule has 6 heterocycles. The van der Waals surface area contributed by atoms with Crippen LogP contribution in [-0.4, -0.2) is 59.0 Å². The highest BCUT2D eigenvalue weighted by Gasteiger charge is 2.48. The Balaban J connectivity index is 1.55. The van der Waals surface area contributed by atoms with Gasteiger partial charge in [-0.05, 0) is 64.0 Å². The van der Waals surface area contributed by atoms with Crippen LogP contribution in [0, 0.1) is 6.92 Å². The van der Waals surface area contributed by atoms with E-state index >= 15 is 0 Å². The van der Waals surface area contributed by atoms with Crippen molar-refractivity contribution in [2.45, 2.75) is 108 Å². The highest BCUT2D eigenvalue weighted by Crippen LogP contribution is 2.43. The van der Waals surface area contributed by atoms with Crippen molar-refractivity contribution in [3.63, 3.8) is 0 Å². The minimum Gasteiger partial charge on any atom is -0.375 e. The van der Waals surface area contributed by atoms with Gasteiger partial charge in [0.05, 0.1) is 12.2 Å². The fourth-order valence-corrected chi connectivity index (χ4v) is 6.09. The van der Waals surface area contributed by atoms with E-state index in [9.17, 15) is 8.78 Å². The Kier molecular flexibility index (Phi) is 4.97. The Morgan fingerprint density at radius 2 is 1.93 bits per heavy atom. The van der Waals surface area contributed by atoms with Gasteiger partial charge in [0, 0.05) is 42.9 Å². The summed E-state index contributed by atoms with van der Waals surface area (Å²) in [5.74, 6) is -1.62. The van der Waals surface area contributed by atoms with Gasteiger partial charge in [0.2, 0.25) is 11.9 Å². The Morgan fingerprint density at radius 1 is 1.20 bits per heavy atom. The predicted octanol–water partition coefficient (Wildman–Crippen LogP) is 4.46. The zero-order valence-electron chi connectivity index (χ0n) is 18.4. The van der Waals surface area contributed by atoms with E-state index in [-0.39, 0.29) is 18.6 Å². The lowest BCUT2D eigenvalue weighted by Crippen LogP contribution is -2.58. The first-order chi connectivity index (χ1) is 14.2. The molecule has 0 spiro atoms. The SMILES string of the molecule is COC1N=C(N2C3CCC4CC2CC(C3)O4)n2c(cc(CCC(C)(F)F)c2C)C1C. The van der Waals surface area contributed by atoms with Crippen molar-refractivity contribution < 1.29 is 18.3 Å². The van der Waals surface area contributed by atoms with Gasteiger partial charge in [0.1, 0.15) is 0 Å². The third kappa shape index (κ3) is 3.38. The van der Waals surface area contributed by atoms with Gasteiger partial charge >= 0.3 is 0 Å². The molecule has 4 saturated heterocycles. The summed E-state index contributed by atoms with van der Waals surface area (Å²) in [4.78, 5) is 7.62. The summed E-state index contributed by atoms with van der Waals surface area (Å²) < 4.78 is 41.3. The van der Waals surface area contributed by atoms with Crippen LogP contribution < -0.4 is 0 Å². The number of fused-ring (bicyclic) bond motifs is 2. The van der Waals surface area contributed by atoms with Crippen molar-refractivity contribution in [3.8, 4) is 0 Å². The zero-order chi connectivity index (χ0) is 21.2. The van der Waals surface area contributed by atoms with E-state index < -0.39 is 5.92 Å². The second-order valence-corrected chi connectivity index (χ2v) is 9.81. The molecule has 4 bridgehead atoms. The molecule has 0 amide bonds. The lowest BCUT2D eigenvalue weighted by Gasteiger charge is -2.49. The maximum atomic E-state index is 13.6. The van der Waals surface area contributed by atoms with Gasteiger partial charge < -0.3 is 14.4 Å². The van der Waals surface area contributed by atoms with Gasteiger partial charge in [0.25, 0.3) is 0 Å². The molecule has 0 aliphatic carbocycles. The third-order valence-electron chi connectivity index (χ3n) is 7.62. The summed E-state index contributed by atoms with van der Waals surface area (Å²) in [5.41, 5.74) is 3.16. The molecule has 7 heteroatoms. The smallest absolute Gasteiger partial charge is 0.245 e. The molecule has 6 unspecified atom stereocenters. The number of ether oxygens (including phenoxy) is 2. The summed E-state index contributed by atoms with van der Waals surface area (Å²) in [6, 6.07) is 2.96. The first kappa shape index (κ1) is 20.4. The maximum absolute atomic E-state index is 13.6. The number of nitrogens with zero attached hydrogens (tertiary/aromatic N) is 3. The maximum Gasteiger partial charge on any atom is 0.245 e. The molecule has 0 aromatic carbocycles. The average Bonchev–Trinajstić information content (AvgIpc) is 2.87. The van der Waals surface area contributed by atoms with E-state index in [4.69, 9.17) is 14.5 Å². The summed E-state index contributed by atoms with van der Waals surface area (Å²) in [6.45, 7) is 5.17. The predicted molar refractivity (Wildman–Crippen MR) is 111 cm³/mol. The highest BCUT2D eigenvalue weighted by atomic mass is 19.3. The van der Waals surface area contributed by atoms with Crippen LogP contribution in [0.2, 0.25) is 0 Å². The number of methoxy groups -OCH3 is 1. The van der Waals surface area contributed by atoms with Crippen LogP contribution in [0.3, 0.4) is 0 Å². The van der Waals surface area contributed by atoms with E-state index in [0.717, 1.165) is 61.9 Å². The van der Waals surface area contributed by atoms with Crippen molar-refractivity contribution in [3.05, 3.63) is 23.0 Å². The van der Waals surface area contributed by atoms with Crippen LogP contribution in [0.1, 0.15) is 75.2 Å². The summed E-state index contributed by atoms with van der Waals surface area (Å²) in [6.07, 6.45) is 6.08. The molecule has 6 rings (SSSR count). The second kappa shape index (κ2) is 7.30. The summed E-state index contributed by atoms with van der Waals surface area (Å²) in [7, 11) is 1.71. The Hall–Kier alpha value is -1.47. The van der Waals surface area contributed by atoms with Gasteiger partial charge in [-0.2, -0.15) is 0 Å². The fraction of sp³-hybridized carbons (Fsp3) is 0.783. The molecule has 0 radical (unpaired) electrons. The zero-order valence-corrected chi connectivity index (χ0v) is 18.4. The fourth-order valence-electron chi connectivity index (χ4n) is 6.09. The first-order valence-electron chi connectivity index (χ1n) is 11.4. The van der Waals surface area contributed by atoms with E-state index in [1.54, 1.807) is 7.11 Å². The second-order valence-electron chi connectivity index (χ2n) is 9.81. The van der Waals surface area contributed by atoms with Crippen molar-refractivity contribution in [2.24, 2.45) is 4.99 Å². The molecule has 30 heavy (non-hydrogen) atoms. The van der Waals surface area contributed by atoms with Crippen LogP contribution in [0.25, 0.3) is 0 Å². The van der Waals surface area contributed by atoms with Gasteiger partial charge in [-0.15, -0.1) is 0 Å². The lowest BCUT2D eigenvalue weighted by atomic mass is 9.90. The van der Waals surface area contributed by atoms with Gasteiger partial charge in [-0.25, -0.2) is 13.8 Å². The van der Waals surface area contributed by atoms with E-state index in [1.807, 2.05) is 0 Å². The van der Waals surface area contributed by atoms with Crippen molar-refractivity contribution in [2.75, 3.05) is 7.11 Å². The molecular weight excluding hydrogens is 388 g/mol. The first-order valence-corrected chi connectivity index (χ1v) is 11.4. The number of aliphatic imine (C=N–C) groups is 1. The largest absolute Gasteiger partial charge is 0.375 e. The van der Waals surface area contributed by atoms with Crippen LogP contribution in [0.15, 0.2) is 11.1 Å². The molecule has 5 aliphatic heterocycles. The molecule has 6 atom stereocenters. The molecule has 166 valence electrons. The quantitative estimate of drug-likeness (QED) is 0.720. The normalized spacial score (nSPS) is 35.4. The van der Waals surface area contributed by atoms with E-state index in [2.05, 4.69) is 29.4 Å². The van der Waals surface area contributed by atoms with E-state index in [0.29, 0.717) is 30.7 Å². The van der Waals surface area contributed by atoms with Crippen molar-refractivity contribution in [1.29, 1.82) is 0 Å². The summed E-state index contributed by atoms with van der Waals surface area (Å²) in [5, 5.41) is 0. The van der Waals surface area contributed by atoms with Crippen LogP contribution in [0.4, 0.5) is 8.78 Å². The molecule has 5 aliphatic rings. The van der Waals surface area contributed by atoms with Crippen LogP contribution in [0.5, 0.6) is 0 Å².